The van der Waals surface area contributed by atoms with Crippen molar-refractivity contribution in [3.8, 4) is 0 Å². The highest BCUT2D eigenvalue weighted by molar-refractivity contribution is 7.90. The molecule has 0 saturated carbocycles. The van der Waals surface area contributed by atoms with E-state index in [1.807, 2.05) is 0 Å². The molecule has 0 aromatic carbocycles. The molecule has 15 heavy (non-hydrogen) atoms. The molecule has 3 aliphatic heterocycles. The van der Waals surface area contributed by atoms with Gasteiger partial charge in [-0.1, -0.05) is 0 Å². The SMILES string of the molecule is O=S(=O)([C@@H]1CCOC1)N1[C@@H]2OCCC[C@@H]21. The Morgan fingerprint density at radius 2 is 2.07 bits per heavy atom. The highest BCUT2D eigenvalue weighted by Crippen LogP contribution is 2.41. The van der Waals surface area contributed by atoms with Gasteiger partial charge in [-0.05, 0) is 19.3 Å². The molecule has 0 aliphatic carbocycles. The highest BCUT2D eigenvalue weighted by Gasteiger charge is 2.59. The molecule has 5 nitrogen and oxygen atoms in total. The number of ether oxygens (including phenoxy) is 2. The maximum Gasteiger partial charge on any atom is 0.221 e. The lowest BCUT2D eigenvalue weighted by molar-refractivity contribution is 0.0785. The van der Waals surface area contributed by atoms with Crippen LogP contribution in [0.2, 0.25) is 0 Å². The molecule has 3 fully saturated rings. The molecule has 3 aliphatic rings. The Morgan fingerprint density at radius 3 is 2.67 bits per heavy atom. The zero-order chi connectivity index (χ0) is 10.5. The van der Waals surface area contributed by atoms with Crippen LogP contribution in [0.1, 0.15) is 19.3 Å². The zero-order valence-corrected chi connectivity index (χ0v) is 9.28. The average Bonchev–Trinajstić information content (AvgIpc) is 2.71. The van der Waals surface area contributed by atoms with Gasteiger partial charge in [-0.3, -0.25) is 0 Å². The molecule has 86 valence electrons. The molecule has 0 radical (unpaired) electrons. The van der Waals surface area contributed by atoms with Gasteiger partial charge in [0.25, 0.3) is 0 Å². The van der Waals surface area contributed by atoms with Crippen molar-refractivity contribution in [2.75, 3.05) is 19.8 Å². The summed E-state index contributed by atoms with van der Waals surface area (Å²) in [6, 6.07) is 0.115. The van der Waals surface area contributed by atoms with Crippen LogP contribution in [0.5, 0.6) is 0 Å². The van der Waals surface area contributed by atoms with Gasteiger partial charge in [0.2, 0.25) is 10.0 Å². The Hall–Kier alpha value is -0.170. The summed E-state index contributed by atoms with van der Waals surface area (Å²) >= 11 is 0. The minimum absolute atomic E-state index is 0.115. The topological polar surface area (TPSA) is 55.6 Å². The van der Waals surface area contributed by atoms with E-state index in [2.05, 4.69) is 0 Å². The van der Waals surface area contributed by atoms with Crippen LogP contribution < -0.4 is 0 Å². The molecule has 4 atom stereocenters. The normalized spacial score (nSPS) is 45.1. The first-order valence-electron chi connectivity index (χ1n) is 5.43. The van der Waals surface area contributed by atoms with Crippen LogP contribution in [-0.4, -0.2) is 50.1 Å². The molecule has 0 spiro atoms. The van der Waals surface area contributed by atoms with E-state index in [4.69, 9.17) is 9.47 Å². The van der Waals surface area contributed by atoms with Gasteiger partial charge in [-0.15, -0.1) is 0 Å². The Labute approximate surface area is 89.4 Å². The Morgan fingerprint density at radius 1 is 1.20 bits per heavy atom. The summed E-state index contributed by atoms with van der Waals surface area (Å²) in [6.45, 7) is 1.60. The van der Waals surface area contributed by atoms with E-state index in [9.17, 15) is 8.42 Å². The monoisotopic (exact) mass is 233 g/mol. The molecular formula is C9H15NO4S. The summed E-state index contributed by atoms with van der Waals surface area (Å²) in [4.78, 5) is 0. The molecule has 3 rings (SSSR count). The molecule has 0 N–H and O–H groups in total. The van der Waals surface area contributed by atoms with Crippen molar-refractivity contribution in [2.24, 2.45) is 0 Å². The summed E-state index contributed by atoms with van der Waals surface area (Å²) in [5.74, 6) is 0. The van der Waals surface area contributed by atoms with Gasteiger partial charge in [0.1, 0.15) is 11.5 Å². The highest BCUT2D eigenvalue weighted by atomic mass is 32.2. The second-order valence-corrected chi connectivity index (χ2v) is 6.45. The number of hydrogen-bond donors (Lipinski definition) is 0. The number of sulfonamides is 1. The van der Waals surface area contributed by atoms with Crippen LogP contribution >= 0.6 is 0 Å². The van der Waals surface area contributed by atoms with Gasteiger partial charge in [-0.2, -0.15) is 4.31 Å². The van der Waals surface area contributed by atoms with Crippen molar-refractivity contribution in [2.45, 2.75) is 36.8 Å². The Bertz CT molecular complexity index is 337. The van der Waals surface area contributed by atoms with Gasteiger partial charge in [-0.25, -0.2) is 8.42 Å². The second kappa shape index (κ2) is 3.41. The van der Waals surface area contributed by atoms with Crippen LogP contribution in [0.3, 0.4) is 0 Å². The van der Waals surface area contributed by atoms with Crippen molar-refractivity contribution >= 4 is 10.0 Å². The van der Waals surface area contributed by atoms with Gasteiger partial charge in [0, 0.05) is 13.2 Å². The standard InChI is InChI=1S/C9H15NO4S/c11-15(12,7-3-5-13-6-7)10-8-2-1-4-14-9(8)10/h7-9H,1-6H2/t7-,8+,9-,10?/m1/s1. The average molecular weight is 233 g/mol. The summed E-state index contributed by atoms with van der Waals surface area (Å²) in [6.07, 6.45) is 2.37. The lowest BCUT2D eigenvalue weighted by Gasteiger charge is -2.10. The fraction of sp³-hybridized carbons (Fsp3) is 1.00. The van der Waals surface area contributed by atoms with Crippen LogP contribution in [0.4, 0.5) is 0 Å². The minimum Gasteiger partial charge on any atom is -0.380 e. The summed E-state index contributed by atoms with van der Waals surface area (Å²) in [5, 5.41) is -0.341. The third kappa shape index (κ3) is 1.51. The summed E-state index contributed by atoms with van der Waals surface area (Å²) < 4.78 is 36.3. The zero-order valence-electron chi connectivity index (χ0n) is 8.46. The molecule has 0 bridgehead atoms. The largest absolute Gasteiger partial charge is 0.380 e. The van der Waals surface area contributed by atoms with E-state index in [0.29, 0.717) is 26.2 Å². The van der Waals surface area contributed by atoms with Crippen LogP contribution in [-0.2, 0) is 19.5 Å². The lowest BCUT2D eigenvalue weighted by atomic mass is 10.2. The molecule has 6 heteroatoms. The minimum atomic E-state index is -3.16. The van der Waals surface area contributed by atoms with Gasteiger partial charge < -0.3 is 9.47 Å². The first-order valence-corrected chi connectivity index (χ1v) is 6.93. The fourth-order valence-corrected chi connectivity index (χ4v) is 4.47. The first-order chi connectivity index (χ1) is 7.21. The third-order valence-corrected chi connectivity index (χ3v) is 5.63. The Balaban J connectivity index is 1.76. The fourth-order valence-electron chi connectivity index (χ4n) is 2.44. The predicted molar refractivity (Wildman–Crippen MR) is 52.7 cm³/mol. The molecule has 3 saturated heterocycles. The summed E-state index contributed by atoms with van der Waals surface area (Å²) in [7, 11) is -3.16. The van der Waals surface area contributed by atoms with E-state index in [1.165, 1.54) is 0 Å². The van der Waals surface area contributed by atoms with E-state index in [0.717, 1.165) is 12.8 Å². The van der Waals surface area contributed by atoms with Crippen LogP contribution in [0, 0.1) is 0 Å². The van der Waals surface area contributed by atoms with Gasteiger partial charge >= 0.3 is 0 Å². The number of fused-ring (bicyclic) bond motifs is 1. The smallest absolute Gasteiger partial charge is 0.221 e. The number of nitrogens with zero attached hydrogens (tertiary/aromatic N) is 1. The number of hydrogen-bond acceptors (Lipinski definition) is 4. The van der Waals surface area contributed by atoms with Gasteiger partial charge in [0.05, 0.1) is 12.6 Å². The van der Waals surface area contributed by atoms with E-state index in [1.54, 1.807) is 4.31 Å². The van der Waals surface area contributed by atoms with Crippen LogP contribution in [0.25, 0.3) is 0 Å². The molecule has 0 aromatic heterocycles. The molecule has 0 aromatic rings. The van der Waals surface area contributed by atoms with Gasteiger partial charge in [0.15, 0.2) is 0 Å². The van der Waals surface area contributed by atoms with Crippen molar-refractivity contribution in [3.05, 3.63) is 0 Å². The van der Waals surface area contributed by atoms with Crippen molar-refractivity contribution < 1.29 is 17.9 Å². The summed E-state index contributed by atoms with van der Waals surface area (Å²) in [5.41, 5.74) is 0. The van der Waals surface area contributed by atoms with E-state index in [-0.39, 0.29) is 17.5 Å². The van der Waals surface area contributed by atoms with Crippen LogP contribution in [0.15, 0.2) is 0 Å². The van der Waals surface area contributed by atoms with Crippen molar-refractivity contribution in [1.29, 1.82) is 0 Å². The maximum atomic E-state index is 12.1. The second-order valence-electron chi connectivity index (χ2n) is 4.33. The molecule has 3 heterocycles. The molecule has 1 unspecified atom stereocenters. The third-order valence-electron chi connectivity index (χ3n) is 3.35. The quantitative estimate of drug-likeness (QED) is 0.626. The van der Waals surface area contributed by atoms with E-state index < -0.39 is 10.0 Å². The van der Waals surface area contributed by atoms with Crippen molar-refractivity contribution in [1.82, 2.24) is 4.31 Å². The molecular weight excluding hydrogens is 218 g/mol. The van der Waals surface area contributed by atoms with Crippen molar-refractivity contribution in [3.63, 3.8) is 0 Å². The Kier molecular flexibility index (Phi) is 2.28. The molecule has 0 amide bonds. The predicted octanol–water partition coefficient (Wildman–Crippen LogP) is -0.0742. The maximum absolute atomic E-state index is 12.1. The van der Waals surface area contributed by atoms with E-state index >= 15 is 0 Å². The first kappa shape index (κ1) is 10.0. The number of rotatable bonds is 2. The lowest BCUT2D eigenvalue weighted by Crippen LogP contribution is -2.29.